The number of halogens is 1. The average Bonchev–Trinajstić information content (AvgIpc) is 2.65. The minimum absolute atomic E-state index is 0. The van der Waals surface area contributed by atoms with E-state index in [9.17, 15) is 9.90 Å². The van der Waals surface area contributed by atoms with Crippen molar-refractivity contribution in [2.75, 3.05) is 13.2 Å². The predicted molar refractivity (Wildman–Crippen MR) is 123 cm³/mol. The summed E-state index contributed by atoms with van der Waals surface area (Å²) in [6, 6.07) is 4.26. The smallest absolute Gasteiger partial charge is 0.308 e. The number of benzene rings is 1. The number of phenols is 1. The molecule has 0 heterocycles. The Labute approximate surface area is 185 Å². The first-order valence-corrected chi connectivity index (χ1v) is 9.95. The topological polar surface area (TPSA) is 83.0 Å². The molecule has 1 saturated carbocycles. The minimum Gasteiger partial charge on any atom is -0.507 e. The number of aliphatic imine (C=N–C) groups is 1. The zero-order chi connectivity index (χ0) is 19.8. The lowest BCUT2D eigenvalue weighted by Gasteiger charge is -2.29. The molecule has 1 aromatic rings. The van der Waals surface area contributed by atoms with E-state index in [0.29, 0.717) is 24.9 Å². The molecule has 1 fully saturated rings. The monoisotopic (exact) mass is 503 g/mol. The Morgan fingerprint density at radius 3 is 2.32 bits per heavy atom. The number of carbonyl (C=O) groups is 1. The van der Waals surface area contributed by atoms with Crippen molar-refractivity contribution in [2.24, 2.45) is 10.9 Å². The molecule has 1 aliphatic rings. The quantitative estimate of drug-likeness (QED) is 0.238. The van der Waals surface area contributed by atoms with Gasteiger partial charge in [0.2, 0.25) is 0 Å². The summed E-state index contributed by atoms with van der Waals surface area (Å²) in [5, 5.41) is 16.7. The molecule has 2 rings (SSSR count). The third-order valence-electron chi connectivity index (χ3n) is 5.00. The van der Waals surface area contributed by atoms with Gasteiger partial charge in [0.25, 0.3) is 0 Å². The summed E-state index contributed by atoms with van der Waals surface area (Å²) in [6.45, 7) is 9.49. The molecule has 158 valence electrons. The first-order chi connectivity index (χ1) is 12.9. The number of ether oxygens (including phenoxy) is 1. The van der Waals surface area contributed by atoms with Gasteiger partial charge in [0.05, 0.1) is 19.1 Å². The van der Waals surface area contributed by atoms with Crippen LogP contribution in [0.25, 0.3) is 0 Å². The van der Waals surface area contributed by atoms with Gasteiger partial charge in [-0.05, 0) is 70.1 Å². The van der Waals surface area contributed by atoms with Crippen LogP contribution in [0.5, 0.6) is 5.75 Å². The normalized spacial score (nSPS) is 19.5. The number of guanidine groups is 1. The number of aryl methyl sites for hydroxylation is 2. The molecule has 28 heavy (non-hydrogen) atoms. The minimum atomic E-state index is -0.0606. The van der Waals surface area contributed by atoms with Crippen molar-refractivity contribution in [3.05, 3.63) is 28.8 Å². The van der Waals surface area contributed by atoms with Gasteiger partial charge in [-0.2, -0.15) is 0 Å². The maximum absolute atomic E-state index is 11.9. The van der Waals surface area contributed by atoms with Crippen LogP contribution in [0, 0.1) is 19.8 Å². The van der Waals surface area contributed by atoms with Crippen LogP contribution in [0.15, 0.2) is 17.1 Å². The summed E-state index contributed by atoms with van der Waals surface area (Å²) in [5.41, 5.74) is 2.82. The van der Waals surface area contributed by atoms with Gasteiger partial charge in [-0.25, -0.2) is 4.99 Å². The highest BCUT2D eigenvalue weighted by Gasteiger charge is 2.27. The largest absolute Gasteiger partial charge is 0.507 e. The zero-order valence-corrected chi connectivity index (χ0v) is 19.7. The fourth-order valence-corrected chi connectivity index (χ4v) is 3.55. The fourth-order valence-electron chi connectivity index (χ4n) is 3.55. The van der Waals surface area contributed by atoms with Crippen LogP contribution in [0.3, 0.4) is 0 Å². The molecule has 3 N–H and O–H groups in total. The molecule has 0 aromatic heterocycles. The van der Waals surface area contributed by atoms with Gasteiger partial charge in [-0.15, -0.1) is 24.0 Å². The second-order valence-corrected chi connectivity index (χ2v) is 7.22. The molecule has 7 heteroatoms. The summed E-state index contributed by atoms with van der Waals surface area (Å²) < 4.78 is 5.14. The number of nitrogens with zero attached hydrogens (tertiary/aromatic N) is 1. The van der Waals surface area contributed by atoms with Crippen LogP contribution >= 0.6 is 24.0 Å². The van der Waals surface area contributed by atoms with E-state index in [2.05, 4.69) is 10.6 Å². The first-order valence-electron chi connectivity index (χ1n) is 9.95. The lowest BCUT2D eigenvalue weighted by molar-refractivity contribution is -0.149. The van der Waals surface area contributed by atoms with Crippen LogP contribution < -0.4 is 10.6 Å². The van der Waals surface area contributed by atoms with Gasteiger partial charge in [0, 0.05) is 12.6 Å². The Morgan fingerprint density at radius 1 is 1.18 bits per heavy atom. The van der Waals surface area contributed by atoms with Gasteiger partial charge >= 0.3 is 5.97 Å². The molecule has 6 nitrogen and oxygen atoms in total. The van der Waals surface area contributed by atoms with Gasteiger partial charge < -0.3 is 20.5 Å². The Kier molecular flexibility index (Phi) is 10.6. The summed E-state index contributed by atoms with van der Waals surface area (Å²) in [5.74, 6) is 1.12. The summed E-state index contributed by atoms with van der Waals surface area (Å²) in [6.07, 6.45) is 3.58. The molecule has 0 aliphatic heterocycles. The van der Waals surface area contributed by atoms with Crippen molar-refractivity contribution in [1.29, 1.82) is 0 Å². The lowest BCUT2D eigenvalue weighted by Crippen LogP contribution is -2.45. The Morgan fingerprint density at radius 2 is 1.79 bits per heavy atom. The van der Waals surface area contributed by atoms with Crippen molar-refractivity contribution in [2.45, 2.75) is 66.0 Å². The van der Waals surface area contributed by atoms with Gasteiger partial charge in [-0.3, -0.25) is 4.79 Å². The molecular weight excluding hydrogens is 469 g/mol. The average molecular weight is 503 g/mol. The Bertz CT molecular complexity index is 648. The molecule has 0 amide bonds. The van der Waals surface area contributed by atoms with E-state index in [4.69, 9.17) is 9.73 Å². The van der Waals surface area contributed by atoms with E-state index < -0.39 is 0 Å². The third kappa shape index (κ3) is 7.14. The van der Waals surface area contributed by atoms with E-state index in [0.717, 1.165) is 54.9 Å². The molecule has 0 bridgehead atoms. The SMILES string of the molecule is CCNC(=NCc1cc(C)c(O)c(C)c1)NC1CCC(C(=O)OCC)CC1.I. The second kappa shape index (κ2) is 12.1. The zero-order valence-electron chi connectivity index (χ0n) is 17.4. The molecule has 0 spiro atoms. The van der Waals surface area contributed by atoms with Crippen LogP contribution in [0.2, 0.25) is 0 Å². The maximum Gasteiger partial charge on any atom is 0.308 e. The van der Waals surface area contributed by atoms with Crippen molar-refractivity contribution in [3.63, 3.8) is 0 Å². The van der Waals surface area contributed by atoms with Crippen molar-refractivity contribution in [3.8, 4) is 5.75 Å². The number of rotatable bonds is 6. The highest BCUT2D eigenvalue weighted by molar-refractivity contribution is 14.0. The predicted octanol–water partition coefficient (Wildman–Crippen LogP) is 3.80. The van der Waals surface area contributed by atoms with Gasteiger partial charge in [0.15, 0.2) is 5.96 Å². The Balaban J connectivity index is 0.00000392. The number of hydrogen-bond acceptors (Lipinski definition) is 4. The number of phenolic OH excluding ortho intramolecular Hbond substituents is 1. The summed E-state index contributed by atoms with van der Waals surface area (Å²) >= 11 is 0. The molecular formula is C21H34IN3O3. The third-order valence-corrected chi connectivity index (χ3v) is 5.00. The Hall–Kier alpha value is -1.51. The van der Waals surface area contributed by atoms with Crippen LogP contribution in [-0.2, 0) is 16.1 Å². The van der Waals surface area contributed by atoms with Gasteiger partial charge in [-0.1, -0.05) is 12.1 Å². The molecule has 0 radical (unpaired) electrons. The lowest BCUT2D eigenvalue weighted by atomic mass is 9.86. The molecule has 0 unspecified atom stereocenters. The van der Waals surface area contributed by atoms with Crippen molar-refractivity contribution < 1.29 is 14.6 Å². The van der Waals surface area contributed by atoms with Crippen molar-refractivity contribution >= 4 is 35.9 Å². The van der Waals surface area contributed by atoms with E-state index in [1.165, 1.54) is 0 Å². The number of esters is 1. The van der Waals surface area contributed by atoms with Gasteiger partial charge in [0.1, 0.15) is 5.75 Å². The standard InChI is InChI=1S/C21H33N3O3.HI/c1-5-22-21(23-13-16-11-14(3)19(25)15(4)12-16)24-18-9-7-17(8-10-18)20(26)27-6-2;/h11-12,17-18,25H,5-10,13H2,1-4H3,(H2,22,23,24);1H. The van der Waals surface area contributed by atoms with Crippen LogP contribution in [-0.4, -0.2) is 36.2 Å². The number of nitrogens with one attached hydrogen (secondary N) is 2. The fraction of sp³-hybridized carbons (Fsp3) is 0.619. The summed E-state index contributed by atoms with van der Waals surface area (Å²) in [4.78, 5) is 16.6. The molecule has 1 aliphatic carbocycles. The second-order valence-electron chi connectivity index (χ2n) is 7.22. The van der Waals surface area contributed by atoms with Crippen molar-refractivity contribution in [1.82, 2.24) is 10.6 Å². The number of carbonyl (C=O) groups excluding carboxylic acids is 1. The highest BCUT2D eigenvalue weighted by atomic mass is 127. The molecule has 0 atom stereocenters. The maximum atomic E-state index is 11.9. The summed E-state index contributed by atoms with van der Waals surface area (Å²) in [7, 11) is 0. The van der Waals surface area contributed by atoms with E-state index >= 15 is 0 Å². The molecule has 1 aromatic carbocycles. The first kappa shape index (κ1) is 24.5. The van der Waals surface area contributed by atoms with Crippen LogP contribution in [0.4, 0.5) is 0 Å². The molecule has 0 saturated heterocycles. The highest BCUT2D eigenvalue weighted by Crippen LogP contribution is 2.26. The number of aromatic hydroxyl groups is 1. The van der Waals surface area contributed by atoms with E-state index in [1.54, 1.807) is 0 Å². The number of hydrogen-bond donors (Lipinski definition) is 3. The van der Waals surface area contributed by atoms with E-state index in [-0.39, 0.29) is 35.9 Å². The van der Waals surface area contributed by atoms with E-state index in [1.807, 2.05) is 39.8 Å². The van der Waals surface area contributed by atoms with Crippen LogP contribution in [0.1, 0.15) is 56.2 Å².